The van der Waals surface area contributed by atoms with Gasteiger partial charge in [-0.05, 0) is 49.4 Å². The molecular formula is C18H20N2O3. The first-order valence-electron chi connectivity index (χ1n) is 8.17. The summed E-state index contributed by atoms with van der Waals surface area (Å²) in [6.07, 6.45) is 4.69. The molecule has 120 valence electrons. The molecule has 2 unspecified atom stereocenters. The Balaban J connectivity index is 1.53. The van der Waals surface area contributed by atoms with E-state index in [1.807, 2.05) is 12.1 Å². The van der Waals surface area contributed by atoms with Gasteiger partial charge >= 0.3 is 0 Å². The lowest BCUT2D eigenvalue weighted by atomic mass is 10.2. The van der Waals surface area contributed by atoms with E-state index in [4.69, 9.17) is 4.42 Å². The molecule has 0 bridgehead atoms. The van der Waals surface area contributed by atoms with Crippen LogP contribution in [0.1, 0.15) is 54.1 Å². The maximum Gasteiger partial charge on any atom is 0.276 e. The van der Waals surface area contributed by atoms with E-state index in [-0.39, 0.29) is 23.4 Å². The van der Waals surface area contributed by atoms with Gasteiger partial charge in [-0.2, -0.15) is 0 Å². The van der Waals surface area contributed by atoms with Crippen molar-refractivity contribution < 1.29 is 14.3 Å². The lowest BCUT2D eigenvalue weighted by Gasteiger charge is -2.21. The molecule has 2 fully saturated rings. The summed E-state index contributed by atoms with van der Waals surface area (Å²) in [6.45, 7) is 2.65. The van der Waals surface area contributed by atoms with Crippen molar-refractivity contribution in [3.63, 3.8) is 0 Å². The number of aromatic hydroxyl groups is 1. The van der Waals surface area contributed by atoms with Gasteiger partial charge in [0.05, 0.1) is 6.54 Å². The zero-order valence-corrected chi connectivity index (χ0v) is 13.1. The fourth-order valence-corrected chi connectivity index (χ4v) is 3.02. The van der Waals surface area contributed by atoms with Gasteiger partial charge in [-0.3, -0.25) is 4.79 Å². The molecule has 2 aliphatic rings. The smallest absolute Gasteiger partial charge is 0.276 e. The number of carbonyl (C=O) groups excluding carboxylic acids is 1. The highest BCUT2D eigenvalue weighted by molar-refractivity contribution is 5.95. The Hall–Kier alpha value is -2.30. The molecular weight excluding hydrogens is 292 g/mol. The summed E-state index contributed by atoms with van der Waals surface area (Å²) in [4.78, 5) is 18.5. The molecule has 0 aromatic carbocycles. The van der Waals surface area contributed by atoms with Gasteiger partial charge in [0, 0.05) is 18.2 Å². The summed E-state index contributed by atoms with van der Waals surface area (Å²) < 4.78 is 5.93. The van der Waals surface area contributed by atoms with Crippen molar-refractivity contribution in [2.75, 3.05) is 0 Å². The minimum absolute atomic E-state index is 0.0740. The van der Waals surface area contributed by atoms with Crippen LogP contribution in [0.4, 0.5) is 0 Å². The number of furan rings is 1. The van der Waals surface area contributed by atoms with Crippen molar-refractivity contribution in [1.82, 2.24) is 9.88 Å². The number of hydrogen-bond acceptors (Lipinski definition) is 4. The predicted molar refractivity (Wildman–Crippen MR) is 84.0 cm³/mol. The molecule has 0 saturated heterocycles. The van der Waals surface area contributed by atoms with E-state index in [1.54, 1.807) is 11.0 Å². The molecule has 2 aromatic rings. The van der Waals surface area contributed by atoms with Crippen molar-refractivity contribution >= 4 is 5.91 Å². The molecule has 1 N–H and O–H groups in total. The van der Waals surface area contributed by atoms with E-state index in [2.05, 4.69) is 11.9 Å². The predicted octanol–water partition coefficient (Wildman–Crippen LogP) is 3.31. The maximum absolute atomic E-state index is 12.7. The van der Waals surface area contributed by atoms with Crippen LogP contribution in [0.2, 0.25) is 0 Å². The standard InChI is InChI=1S/C18H20N2O3/c1-11-9-14(11)16-7-6-13(23-16)10-20(12-4-5-12)18(22)17-15(21)3-2-8-19-17/h2-3,6-8,11-12,14,21H,4-5,9-10H2,1H3. The van der Waals surface area contributed by atoms with E-state index in [9.17, 15) is 9.90 Å². The van der Waals surface area contributed by atoms with Crippen LogP contribution >= 0.6 is 0 Å². The van der Waals surface area contributed by atoms with Gasteiger partial charge in [0.2, 0.25) is 0 Å². The van der Waals surface area contributed by atoms with Crippen LogP contribution in [0.5, 0.6) is 5.75 Å². The molecule has 1 amide bonds. The molecule has 2 aliphatic carbocycles. The van der Waals surface area contributed by atoms with Gasteiger partial charge in [0.25, 0.3) is 5.91 Å². The van der Waals surface area contributed by atoms with Gasteiger partial charge in [-0.1, -0.05) is 6.92 Å². The molecule has 4 rings (SSSR count). The Morgan fingerprint density at radius 2 is 2.17 bits per heavy atom. The van der Waals surface area contributed by atoms with Crippen molar-refractivity contribution in [2.45, 2.75) is 44.7 Å². The third kappa shape index (κ3) is 2.83. The van der Waals surface area contributed by atoms with Crippen molar-refractivity contribution in [3.8, 4) is 5.75 Å². The van der Waals surface area contributed by atoms with Crippen LogP contribution in [0.25, 0.3) is 0 Å². The topological polar surface area (TPSA) is 66.6 Å². The van der Waals surface area contributed by atoms with Gasteiger partial charge in [0.1, 0.15) is 17.3 Å². The summed E-state index contributed by atoms with van der Waals surface area (Å²) in [6, 6.07) is 7.31. The fraction of sp³-hybridized carbons (Fsp3) is 0.444. The third-order valence-electron chi connectivity index (χ3n) is 4.72. The SMILES string of the molecule is CC1CC1c1ccc(CN(C(=O)c2ncccc2O)C2CC2)o1. The van der Waals surface area contributed by atoms with Crippen LogP contribution in [-0.4, -0.2) is 26.9 Å². The number of pyridine rings is 1. The molecule has 2 saturated carbocycles. The minimum Gasteiger partial charge on any atom is -0.505 e. The summed E-state index contributed by atoms with van der Waals surface area (Å²) in [5.41, 5.74) is 0.113. The molecule has 5 nitrogen and oxygen atoms in total. The number of nitrogens with zero attached hydrogens (tertiary/aromatic N) is 2. The molecule has 2 heterocycles. The second kappa shape index (κ2) is 5.41. The van der Waals surface area contributed by atoms with E-state index in [0.717, 1.165) is 24.4 Å². The lowest BCUT2D eigenvalue weighted by Crippen LogP contribution is -2.33. The molecule has 2 atom stereocenters. The van der Waals surface area contributed by atoms with Crippen LogP contribution in [0, 0.1) is 5.92 Å². The van der Waals surface area contributed by atoms with E-state index >= 15 is 0 Å². The number of amides is 1. The maximum atomic E-state index is 12.7. The first kappa shape index (κ1) is 14.3. The van der Waals surface area contributed by atoms with Gasteiger partial charge in [-0.15, -0.1) is 0 Å². The van der Waals surface area contributed by atoms with Gasteiger partial charge in [0.15, 0.2) is 5.69 Å². The van der Waals surface area contributed by atoms with E-state index in [0.29, 0.717) is 18.4 Å². The van der Waals surface area contributed by atoms with Gasteiger partial charge < -0.3 is 14.4 Å². The number of rotatable bonds is 5. The molecule has 5 heteroatoms. The number of carbonyl (C=O) groups is 1. The quantitative estimate of drug-likeness (QED) is 0.920. The zero-order valence-electron chi connectivity index (χ0n) is 13.1. The Labute approximate surface area is 134 Å². The highest BCUT2D eigenvalue weighted by Crippen LogP contribution is 2.47. The van der Waals surface area contributed by atoms with Crippen molar-refractivity contribution in [2.24, 2.45) is 5.92 Å². The average molecular weight is 312 g/mol. The fourth-order valence-electron chi connectivity index (χ4n) is 3.02. The van der Waals surface area contributed by atoms with E-state index in [1.165, 1.54) is 18.7 Å². The van der Waals surface area contributed by atoms with E-state index < -0.39 is 0 Å². The van der Waals surface area contributed by atoms with Crippen LogP contribution in [0.3, 0.4) is 0 Å². The Morgan fingerprint density at radius 1 is 1.39 bits per heavy atom. The Bertz CT molecular complexity index is 735. The highest BCUT2D eigenvalue weighted by atomic mass is 16.3. The molecule has 2 aromatic heterocycles. The molecule has 0 spiro atoms. The second-order valence-electron chi connectivity index (χ2n) is 6.66. The average Bonchev–Trinajstić information content (AvgIpc) is 3.46. The highest BCUT2D eigenvalue weighted by Gasteiger charge is 2.38. The zero-order chi connectivity index (χ0) is 16.0. The van der Waals surface area contributed by atoms with Crippen LogP contribution in [0.15, 0.2) is 34.9 Å². The molecule has 0 radical (unpaired) electrons. The first-order chi connectivity index (χ1) is 11.1. The monoisotopic (exact) mass is 312 g/mol. The second-order valence-corrected chi connectivity index (χ2v) is 6.66. The van der Waals surface area contributed by atoms with Crippen molar-refractivity contribution in [1.29, 1.82) is 0 Å². The summed E-state index contributed by atoms with van der Waals surface area (Å²) >= 11 is 0. The Kier molecular flexibility index (Phi) is 3.36. The summed E-state index contributed by atoms with van der Waals surface area (Å²) in [5.74, 6) is 2.75. The van der Waals surface area contributed by atoms with Gasteiger partial charge in [-0.25, -0.2) is 4.98 Å². The van der Waals surface area contributed by atoms with Crippen molar-refractivity contribution in [3.05, 3.63) is 47.7 Å². The third-order valence-corrected chi connectivity index (χ3v) is 4.72. The first-order valence-corrected chi connectivity index (χ1v) is 8.17. The minimum atomic E-state index is -0.233. The lowest BCUT2D eigenvalue weighted by molar-refractivity contribution is 0.0707. The number of hydrogen-bond donors (Lipinski definition) is 1. The van der Waals surface area contributed by atoms with Crippen LogP contribution in [-0.2, 0) is 6.54 Å². The van der Waals surface area contributed by atoms with Crippen LogP contribution < -0.4 is 0 Å². The largest absolute Gasteiger partial charge is 0.505 e. The summed E-state index contributed by atoms with van der Waals surface area (Å²) in [7, 11) is 0. The summed E-state index contributed by atoms with van der Waals surface area (Å²) in [5, 5.41) is 9.88. The Morgan fingerprint density at radius 3 is 2.83 bits per heavy atom. The number of aromatic nitrogens is 1. The molecule has 0 aliphatic heterocycles. The molecule has 23 heavy (non-hydrogen) atoms. The normalized spacial score (nSPS) is 22.8.